The van der Waals surface area contributed by atoms with Crippen LogP contribution in [-0.2, 0) is 21.9 Å². The summed E-state index contributed by atoms with van der Waals surface area (Å²) in [5, 5.41) is 4.39. The molecule has 0 unspecified atom stereocenters. The van der Waals surface area contributed by atoms with Crippen molar-refractivity contribution < 1.29 is 14.3 Å². The average molecular weight is 538 g/mol. The molecule has 35 heavy (non-hydrogen) atoms. The van der Waals surface area contributed by atoms with E-state index in [1.807, 2.05) is 31.2 Å². The Kier molecular flexibility index (Phi) is 11.1. The van der Waals surface area contributed by atoms with Crippen LogP contribution in [0, 0.1) is 0 Å². The molecule has 190 valence electrons. The Morgan fingerprint density at radius 3 is 2.46 bits per heavy atom. The van der Waals surface area contributed by atoms with Crippen molar-refractivity contribution in [1.82, 2.24) is 10.2 Å². The van der Waals surface area contributed by atoms with Crippen molar-refractivity contribution in [3.05, 3.63) is 63.6 Å². The van der Waals surface area contributed by atoms with Crippen molar-refractivity contribution in [3.63, 3.8) is 0 Å². The highest BCUT2D eigenvalue weighted by Crippen LogP contribution is 2.29. The van der Waals surface area contributed by atoms with Gasteiger partial charge in [-0.1, -0.05) is 67.6 Å². The molecule has 0 heterocycles. The van der Waals surface area contributed by atoms with Crippen LogP contribution in [-0.4, -0.2) is 41.7 Å². The predicted octanol–water partition coefficient (Wildman–Crippen LogP) is 6.49. The van der Waals surface area contributed by atoms with Crippen LogP contribution in [0.15, 0.2) is 42.5 Å². The Hall–Kier alpha value is -1.89. The van der Waals surface area contributed by atoms with E-state index in [1.54, 1.807) is 30.2 Å². The second-order valence-corrected chi connectivity index (χ2v) is 10.6. The Bertz CT molecular complexity index is 978. The van der Waals surface area contributed by atoms with E-state index in [4.69, 9.17) is 27.9 Å². The molecular weight excluding hydrogens is 503 g/mol. The van der Waals surface area contributed by atoms with Crippen molar-refractivity contribution >= 4 is 46.8 Å². The Balaban J connectivity index is 1.74. The fourth-order valence-corrected chi connectivity index (χ4v) is 6.07. The molecule has 5 nitrogen and oxygen atoms in total. The van der Waals surface area contributed by atoms with Crippen molar-refractivity contribution in [3.8, 4) is 5.75 Å². The first-order chi connectivity index (χ1) is 16.9. The number of ether oxygens (including phenoxy) is 1. The molecule has 0 spiro atoms. The molecule has 2 aromatic rings. The Labute approximate surface area is 222 Å². The molecule has 1 N–H and O–H groups in total. The molecule has 2 aromatic carbocycles. The van der Waals surface area contributed by atoms with Gasteiger partial charge in [-0.15, -0.1) is 11.8 Å². The van der Waals surface area contributed by atoms with Crippen LogP contribution in [0.3, 0.4) is 0 Å². The molecule has 0 aromatic heterocycles. The fourth-order valence-electron chi connectivity index (χ4n) is 4.42. The zero-order chi connectivity index (χ0) is 25.2. The van der Waals surface area contributed by atoms with E-state index in [2.05, 4.69) is 5.32 Å². The summed E-state index contributed by atoms with van der Waals surface area (Å²) >= 11 is 14.0. The molecule has 1 aliphatic carbocycles. The lowest BCUT2D eigenvalue weighted by Crippen LogP contribution is -2.52. The highest BCUT2D eigenvalue weighted by atomic mass is 35.5. The van der Waals surface area contributed by atoms with Gasteiger partial charge in [-0.2, -0.15) is 0 Å². The van der Waals surface area contributed by atoms with Gasteiger partial charge in [0.1, 0.15) is 11.8 Å². The Morgan fingerprint density at radius 1 is 1.11 bits per heavy atom. The number of amides is 2. The van der Waals surface area contributed by atoms with Crippen LogP contribution < -0.4 is 10.1 Å². The maximum atomic E-state index is 13.5. The molecule has 3 rings (SSSR count). The highest BCUT2D eigenvalue weighted by Gasteiger charge is 2.30. The monoisotopic (exact) mass is 536 g/mol. The van der Waals surface area contributed by atoms with E-state index in [-0.39, 0.29) is 23.6 Å². The lowest BCUT2D eigenvalue weighted by molar-refractivity contribution is -0.139. The normalized spacial score (nSPS) is 14.9. The summed E-state index contributed by atoms with van der Waals surface area (Å²) in [4.78, 5) is 28.5. The van der Waals surface area contributed by atoms with Gasteiger partial charge in [0, 0.05) is 28.4 Å². The van der Waals surface area contributed by atoms with Gasteiger partial charge < -0.3 is 15.0 Å². The topological polar surface area (TPSA) is 58.6 Å². The minimum atomic E-state index is -0.542. The van der Waals surface area contributed by atoms with Crippen LogP contribution in [0.5, 0.6) is 5.75 Å². The van der Waals surface area contributed by atoms with Gasteiger partial charge in [0.2, 0.25) is 11.8 Å². The van der Waals surface area contributed by atoms with Crippen LogP contribution in [0.2, 0.25) is 10.0 Å². The van der Waals surface area contributed by atoms with E-state index in [9.17, 15) is 9.59 Å². The van der Waals surface area contributed by atoms with Crippen LogP contribution in [0.1, 0.15) is 56.6 Å². The van der Waals surface area contributed by atoms with Gasteiger partial charge in [-0.3, -0.25) is 9.59 Å². The average Bonchev–Trinajstić information content (AvgIpc) is 2.86. The standard InChI is InChI=1S/C27H34Cl2N2O3S/c1-3-25(27(33)30-20-10-5-4-6-11-20)31(16-19-9-7-12-21(15-19)34-2)26(32)18-35-17-22-23(28)13-8-14-24(22)29/h7-9,12-15,20,25H,3-6,10-11,16-18H2,1-2H3,(H,30,33)/t25-/m0/s1. The molecule has 0 aliphatic heterocycles. The number of benzene rings is 2. The third kappa shape index (κ3) is 8.06. The smallest absolute Gasteiger partial charge is 0.243 e. The van der Waals surface area contributed by atoms with Crippen LogP contribution >= 0.6 is 35.0 Å². The first-order valence-corrected chi connectivity index (χ1v) is 14.1. The predicted molar refractivity (Wildman–Crippen MR) is 145 cm³/mol. The molecule has 0 radical (unpaired) electrons. The molecule has 0 bridgehead atoms. The highest BCUT2D eigenvalue weighted by molar-refractivity contribution is 7.99. The molecule has 2 amide bonds. The maximum Gasteiger partial charge on any atom is 0.243 e. The summed E-state index contributed by atoms with van der Waals surface area (Å²) in [5.74, 6) is 1.29. The first-order valence-electron chi connectivity index (χ1n) is 12.2. The van der Waals surface area contributed by atoms with E-state index in [0.29, 0.717) is 28.8 Å². The number of nitrogens with zero attached hydrogens (tertiary/aromatic N) is 1. The summed E-state index contributed by atoms with van der Waals surface area (Å²) in [5.41, 5.74) is 1.73. The fraction of sp³-hybridized carbons (Fsp3) is 0.481. The van der Waals surface area contributed by atoms with Crippen LogP contribution in [0.25, 0.3) is 0 Å². The number of carbonyl (C=O) groups excluding carboxylic acids is 2. The summed E-state index contributed by atoms with van der Waals surface area (Å²) in [6.45, 7) is 2.29. The van der Waals surface area contributed by atoms with Gasteiger partial charge in [-0.05, 0) is 54.7 Å². The number of rotatable bonds is 11. The van der Waals surface area contributed by atoms with E-state index in [0.717, 1.165) is 42.6 Å². The molecule has 1 saturated carbocycles. The SMILES string of the molecule is CC[C@@H](C(=O)NC1CCCCC1)N(Cc1cccc(OC)c1)C(=O)CSCc1c(Cl)cccc1Cl. The molecular formula is C27H34Cl2N2O3S. The summed E-state index contributed by atoms with van der Waals surface area (Å²) in [6.07, 6.45) is 6.03. The van der Waals surface area contributed by atoms with Crippen molar-refractivity contribution in [2.45, 2.75) is 69.8 Å². The summed E-state index contributed by atoms with van der Waals surface area (Å²) in [7, 11) is 1.62. The second-order valence-electron chi connectivity index (χ2n) is 8.83. The summed E-state index contributed by atoms with van der Waals surface area (Å²) < 4.78 is 5.36. The van der Waals surface area contributed by atoms with Crippen molar-refractivity contribution in [2.24, 2.45) is 0 Å². The first kappa shape index (κ1) is 27.7. The minimum absolute atomic E-state index is 0.0743. The number of thioether (sulfide) groups is 1. The number of hydrogen-bond donors (Lipinski definition) is 1. The van der Waals surface area contributed by atoms with Crippen LogP contribution in [0.4, 0.5) is 0 Å². The van der Waals surface area contributed by atoms with Gasteiger partial charge >= 0.3 is 0 Å². The van der Waals surface area contributed by atoms with Gasteiger partial charge in [0.25, 0.3) is 0 Å². The third-order valence-electron chi connectivity index (χ3n) is 6.36. The van der Waals surface area contributed by atoms with Crippen molar-refractivity contribution in [2.75, 3.05) is 12.9 Å². The number of methoxy groups -OCH3 is 1. The lowest BCUT2D eigenvalue weighted by Gasteiger charge is -2.33. The maximum absolute atomic E-state index is 13.5. The minimum Gasteiger partial charge on any atom is -0.497 e. The van der Waals surface area contributed by atoms with Gasteiger partial charge in [-0.25, -0.2) is 0 Å². The molecule has 0 saturated heterocycles. The molecule has 1 atom stereocenters. The number of carbonyl (C=O) groups is 2. The van der Waals surface area contributed by atoms with Gasteiger partial charge in [0.05, 0.1) is 12.9 Å². The van der Waals surface area contributed by atoms with E-state index in [1.165, 1.54) is 18.2 Å². The van der Waals surface area contributed by atoms with E-state index < -0.39 is 6.04 Å². The second kappa shape index (κ2) is 14.0. The zero-order valence-corrected chi connectivity index (χ0v) is 22.7. The molecule has 1 fully saturated rings. The lowest BCUT2D eigenvalue weighted by atomic mass is 9.95. The largest absolute Gasteiger partial charge is 0.497 e. The number of nitrogens with one attached hydrogen (secondary N) is 1. The quantitative estimate of drug-likeness (QED) is 0.356. The van der Waals surface area contributed by atoms with E-state index >= 15 is 0 Å². The third-order valence-corrected chi connectivity index (χ3v) is 8.01. The zero-order valence-electron chi connectivity index (χ0n) is 20.4. The summed E-state index contributed by atoms with van der Waals surface area (Å²) in [6, 6.07) is 12.7. The Morgan fingerprint density at radius 2 is 1.80 bits per heavy atom. The number of halogens is 2. The molecule has 8 heteroatoms. The van der Waals surface area contributed by atoms with Gasteiger partial charge in [0.15, 0.2) is 0 Å². The van der Waals surface area contributed by atoms with Crippen molar-refractivity contribution in [1.29, 1.82) is 0 Å². The molecule has 1 aliphatic rings. The number of hydrogen-bond acceptors (Lipinski definition) is 4.